The number of para-hydroxylation sites is 1. The van der Waals surface area contributed by atoms with Gasteiger partial charge in [-0.2, -0.15) is 5.26 Å². The minimum Gasteiger partial charge on any atom is -0.457 e. The largest absolute Gasteiger partial charge is 0.457 e. The molecule has 1 atom stereocenters. The van der Waals surface area contributed by atoms with Crippen molar-refractivity contribution in [1.82, 2.24) is 9.47 Å². The predicted octanol–water partition coefficient (Wildman–Crippen LogP) is 7.21. The summed E-state index contributed by atoms with van der Waals surface area (Å²) in [5, 5.41) is 10.2. The van der Waals surface area contributed by atoms with Gasteiger partial charge in [0.25, 0.3) is 0 Å². The summed E-state index contributed by atoms with van der Waals surface area (Å²) in [6, 6.07) is 19.9. The van der Waals surface area contributed by atoms with E-state index in [2.05, 4.69) is 19.2 Å². The molecule has 0 unspecified atom stereocenters. The zero-order chi connectivity index (χ0) is 25.7. The molecule has 1 aliphatic heterocycles. The van der Waals surface area contributed by atoms with Crippen LogP contribution in [-0.2, 0) is 11.2 Å². The van der Waals surface area contributed by atoms with E-state index in [1.807, 2.05) is 79.9 Å². The maximum Gasteiger partial charge on any atom is 0.410 e. The molecule has 0 saturated carbocycles. The van der Waals surface area contributed by atoms with Crippen molar-refractivity contribution in [3.05, 3.63) is 77.6 Å². The van der Waals surface area contributed by atoms with Crippen LogP contribution in [0.3, 0.4) is 0 Å². The molecule has 2 heterocycles. The van der Waals surface area contributed by atoms with Crippen molar-refractivity contribution in [1.29, 1.82) is 5.26 Å². The van der Waals surface area contributed by atoms with E-state index in [1.165, 1.54) is 0 Å². The van der Waals surface area contributed by atoms with E-state index >= 15 is 0 Å². The molecule has 6 heteroatoms. The molecular formula is C30H35N3O3. The Morgan fingerprint density at radius 1 is 1.08 bits per heavy atom. The molecule has 3 aromatic rings. The van der Waals surface area contributed by atoms with E-state index in [0.717, 1.165) is 54.0 Å². The molecule has 188 valence electrons. The Morgan fingerprint density at radius 3 is 2.42 bits per heavy atom. The number of rotatable bonds is 7. The number of nitriles is 1. The summed E-state index contributed by atoms with van der Waals surface area (Å²) < 4.78 is 13.5. The molecule has 4 rings (SSSR count). The van der Waals surface area contributed by atoms with Gasteiger partial charge in [-0.1, -0.05) is 31.5 Å². The number of carbonyl (C=O) groups excluding carboxylic acids is 1. The SMILES string of the molecule is CCCCc1c([C@@H]2CCN(C(=O)OC(C)(C)C)C2)cn(-c2ccc(Oc3ccccc3)cc2)c1C#N. The summed E-state index contributed by atoms with van der Waals surface area (Å²) >= 11 is 0. The first-order valence-electron chi connectivity index (χ1n) is 12.7. The Hall–Kier alpha value is -3.72. The monoisotopic (exact) mass is 485 g/mol. The van der Waals surface area contributed by atoms with E-state index in [0.29, 0.717) is 18.8 Å². The fourth-order valence-electron chi connectivity index (χ4n) is 4.66. The molecule has 0 spiro atoms. The lowest BCUT2D eigenvalue weighted by molar-refractivity contribution is 0.0292. The Kier molecular flexibility index (Phi) is 7.69. The third-order valence-electron chi connectivity index (χ3n) is 6.40. The summed E-state index contributed by atoms with van der Waals surface area (Å²) in [7, 11) is 0. The Bertz CT molecular complexity index is 1220. The van der Waals surface area contributed by atoms with Gasteiger partial charge in [-0.3, -0.25) is 0 Å². The minimum atomic E-state index is -0.519. The fourth-order valence-corrected chi connectivity index (χ4v) is 4.66. The molecule has 6 nitrogen and oxygen atoms in total. The lowest BCUT2D eigenvalue weighted by Gasteiger charge is -2.24. The zero-order valence-electron chi connectivity index (χ0n) is 21.7. The van der Waals surface area contributed by atoms with Crippen molar-refractivity contribution in [3.63, 3.8) is 0 Å². The molecule has 2 aromatic carbocycles. The van der Waals surface area contributed by atoms with Crippen LogP contribution in [0.2, 0.25) is 0 Å². The van der Waals surface area contributed by atoms with Gasteiger partial charge in [0, 0.05) is 30.9 Å². The third kappa shape index (κ3) is 5.91. The highest BCUT2D eigenvalue weighted by atomic mass is 16.6. The van der Waals surface area contributed by atoms with E-state index in [4.69, 9.17) is 9.47 Å². The predicted molar refractivity (Wildman–Crippen MR) is 141 cm³/mol. The van der Waals surface area contributed by atoms with Gasteiger partial charge in [-0.15, -0.1) is 0 Å². The van der Waals surface area contributed by atoms with E-state index in [1.54, 1.807) is 4.90 Å². The number of amides is 1. The zero-order valence-corrected chi connectivity index (χ0v) is 21.7. The van der Waals surface area contributed by atoms with Crippen LogP contribution in [0.15, 0.2) is 60.8 Å². The van der Waals surface area contributed by atoms with Crippen LogP contribution < -0.4 is 4.74 Å². The lowest BCUT2D eigenvalue weighted by atomic mass is 9.93. The van der Waals surface area contributed by atoms with Crippen molar-refractivity contribution in [2.24, 2.45) is 0 Å². The molecule has 0 radical (unpaired) electrons. The van der Waals surface area contributed by atoms with Crippen LogP contribution in [0.25, 0.3) is 5.69 Å². The van der Waals surface area contributed by atoms with Crippen molar-refractivity contribution in [2.45, 2.75) is 64.9 Å². The lowest BCUT2D eigenvalue weighted by Crippen LogP contribution is -2.35. The van der Waals surface area contributed by atoms with Crippen molar-refractivity contribution >= 4 is 6.09 Å². The minimum absolute atomic E-state index is 0.179. The molecule has 0 aliphatic carbocycles. The van der Waals surface area contributed by atoms with Gasteiger partial charge < -0.3 is 18.9 Å². The number of benzene rings is 2. The summed E-state index contributed by atoms with van der Waals surface area (Å²) in [5.74, 6) is 1.70. The number of aromatic nitrogens is 1. The summed E-state index contributed by atoms with van der Waals surface area (Å²) in [6.07, 6.45) is 5.60. The first kappa shape index (κ1) is 25.4. The van der Waals surface area contributed by atoms with Crippen LogP contribution in [0.1, 0.15) is 69.7 Å². The quantitative estimate of drug-likeness (QED) is 0.355. The van der Waals surface area contributed by atoms with Gasteiger partial charge in [0.2, 0.25) is 0 Å². The summed E-state index contributed by atoms with van der Waals surface area (Å²) in [6.45, 7) is 9.08. The third-order valence-corrected chi connectivity index (χ3v) is 6.40. The fraction of sp³-hybridized carbons (Fsp3) is 0.400. The second-order valence-electron chi connectivity index (χ2n) is 10.3. The maximum atomic E-state index is 12.6. The van der Waals surface area contributed by atoms with Gasteiger partial charge in [0.05, 0.1) is 0 Å². The van der Waals surface area contributed by atoms with Crippen LogP contribution >= 0.6 is 0 Å². The summed E-state index contributed by atoms with van der Waals surface area (Å²) in [4.78, 5) is 14.4. The van der Waals surface area contributed by atoms with Gasteiger partial charge in [-0.25, -0.2) is 4.79 Å². The van der Waals surface area contributed by atoms with Crippen molar-refractivity contribution < 1.29 is 14.3 Å². The molecular weight excluding hydrogens is 450 g/mol. The first-order valence-corrected chi connectivity index (χ1v) is 12.7. The molecule has 1 aliphatic rings. The second kappa shape index (κ2) is 10.9. The molecule has 1 aromatic heterocycles. The number of nitrogens with zero attached hydrogens (tertiary/aromatic N) is 3. The maximum absolute atomic E-state index is 12.6. The van der Waals surface area contributed by atoms with Gasteiger partial charge >= 0.3 is 6.09 Å². The van der Waals surface area contributed by atoms with Crippen LogP contribution in [0.5, 0.6) is 11.5 Å². The van der Waals surface area contributed by atoms with Gasteiger partial charge in [0.1, 0.15) is 28.9 Å². The normalized spacial score (nSPS) is 15.5. The summed E-state index contributed by atoms with van der Waals surface area (Å²) in [5.41, 5.74) is 3.33. The molecule has 0 N–H and O–H groups in total. The number of hydrogen-bond acceptors (Lipinski definition) is 4. The highest BCUT2D eigenvalue weighted by Gasteiger charge is 2.33. The van der Waals surface area contributed by atoms with Crippen LogP contribution in [0, 0.1) is 11.3 Å². The number of likely N-dealkylation sites (tertiary alicyclic amines) is 1. The molecule has 1 saturated heterocycles. The second-order valence-corrected chi connectivity index (χ2v) is 10.3. The Balaban J connectivity index is 1.60. The van der Waals surface area contributed by atoms with Crippen LogP contribution in [-0.4, -0.2) is 34.3 Å². The van der Waals surface area contributed by atoms with Gasteiger partial charge in [-0.05, 0) is 87.6 Å². The number of unbranched alkanes of at least 4 members (excludes halogenated alkanes) is 1. The number of carbonyl (C=O) groups is 1. The standard InChI is InChI=1S/C30H35N3O3/c1-5-6-12-26-27(22-17-18-32(20-22)29(34)36-30(2,3)4)21-33(28(26)19-31)23-13-15-25(16-14-23)35-24-10-8-7-9-11-24/h7-11,13-16,21-22H,5-6,12,17-18,20H2,1-4H3/t22-/m1/s1. The van der Waals surface area contributed by atoms with E-state index in [-0.39, 0.29) is 12.0 Å². The number of hydrogen-bond donors (Lipinski definition) is 0. The van der Waals surface area contributed by atoms with Crippen molar-refractivity contribution in [2.75, 3.05) is 13.1 Å². The molecule has 1 amide bonds. The van der Waals surface area contributed by atoms with E-state index < -0.39 is 5.60 Å². The average Bonchev–Trinajstić information content (AvgIpc) is 3.48. The smallest absolute Gasteiger partial charge is 0.410 e. The van der Waals surface area contributed by atoms with E-state index in [9.17, 15) is 10.1 Å². The molecule has 1 fully saturated rings. The Labute approximate surface area is 214 Å². The first-order chi connectivity index (χ1) is 17.3. The average molecular weight is 486 g/mol. The van der Waals surface area contributed by atoms with Crippen molar-refractivity contribution in [3.8, 4) is 23.3 Å². The molecule has 0 bridgehead atoms. The topological polar surface area (TPSA) is 67.5 Å². The van der Waals surface area contributed by atoms with Gasteiger partial charge in [0.15, 0.2) is 0 Å². The number of ether oxygens (including phenoxy) is 2. The highest BCUT2D eigenvalue weighted by Crippen LogP contribution is 2.35. The van der Waals surface area contributed by atoms with Crippen LogP contribution in [0.4, 0.5) is 4.79 Å². The highest BCUT2D eigenvalue weighted by molar-refractivity contribution is 5.68. The Morgan fingerprint density at radius 2 is 1.78 bits per heavy atom. The molecule has 36 heavy (non-hydrogen) atoms.